The smallest absolute Gasteiger partial charge is 0.0683 e. The van der Waals surface area contributed by atoms with Crippen molar-refractivity contribution in [3.63, 3.8) is 0 Å². The van der Waals surface area contributed by atoms with Gasteiger partial charge in [-0.3, -0.25) is 4.21 Å². The molecule has 0 saturated heterocycles. The van der Waals surface area contributed by atoms with E-state index in [1.54, 1.807) is 0 Å². The van der Waals surface area contributed by atoms with E-state index in [-0.39, 0.29) is 5.41 Å². The zero-order valence-corrected chi connectivity index (χ0v) is 12.0. The van der Waals surface area contributed by atoms with Crippen LogP contribution in [0.1, 0.15) is 32.3 Å². The summed E-state index contributed by atoms with van der Waals surface area (Å²) in [7, 11) is -1.08. The van der Waals surface area contributed by atoms with Crippen molar-refractivity contribution in [2.45, 2.75) is 38.5 Å². The second kappa shape index (κ2) is 6.01. The van der Waals surface area contributed by atoms with Crippen LogP contribution in [0.25, 0.3) is 0 Å². The fourth-order valence-electron chi connectivity index (χ4n) is 1.66. The second-order valence-electron chi connectivity index (χ2n) is 5.14. The average Bonchev–Trinajstić information content (AvgIpc) is 2.32. The Morgan fingerprint density at radius 2 is 2.11 bits per heavy atom. The van der Waals surface area contributed by atoms with Crippen LogP contribution in [-0.2, 0) is 10.8 Å². The molecule has 1 rings (SSSR count). The van der Waals surface area contributed by atoms with Crippen molar-refractivity contribution in [1.82, 2.24) is 0 Å². The highest BCUT2D eigenvalue weighted by Crippen LogP contribution is 2.24. The lowest BCUT2D eigenvalue weighted by molar-refractivity contribution is 0.447. The van der Waals surface area contributed by atoms with Crippen LogP contribution in [0.5, 0.6) is 0 Å². The van der Waals surface area contributed by atoms with Gasteiger partial charge in [-0.1, -0.05) is 12.1 Å². The molecule has 18 heavy (non-hydrogen) atoms. The topological polar surface area (TPSA) is 66.9 Å². The first kappa shape index (κ1) is 14.7. The summed E-state index contributed by atoms with van der Waals surface area (Å²) < 4.78 is 12.1. The Kier molecular flexibility index (Phi) is 4.92. The first-order chi connectivity index (χ1) is 8.37. The van der Waals surface area contributed by atoms with Crippen LogP contribution in [0.15, 0.2) is 23.1 Å². The fraction of sp³-hybridized carbons (Fsp3) is 0.500. The standard InChI is InChI=1S/C14H20N2OS/c1-11-6-4-7-12(13(11)16)18(17)9-5-8-14(2,3)10-15/h4,6-7H,5,8-9,16H2,1-3H3. The van der Waals surface area contributed by atoms with Gasteiger partial charge in [0.25, 0.3) is 0 Å². The van der Waals surface area contributed by atoms with Crippen molar-refractivity contribution in [3.05, 3.63) is 23.8 Å². The first-order valence-corrected chi connectivity index (χ1v) is 7.34. The van der Waals surface area contributed by atoms with Gasteiger partial charge in [0.1, 0.15) is 0 Å². The highest BCUT2D eigenvalue weighted by atomic mass is 32.2. The molecule has 3 nitrogen and oxygen atoms in total. The lowest BCUT2D eigenvalue weighted by Crippen LogP contribution is -2.10. The van der Waals surface area contributed by atoms with Crippen molar-refractivity contribution in [3.8, 4) is 6.07 Å². The van der Waals surface area contributed by atoms with Gasteiger partial charge in [-0.25, -0.2) is 0 Å². The number of anilines is 1. The number of nitrogens with two attached hydrogens (primary N) is 1. The molecule has 1 aromatic carbocycles. The quantitative estimate of drug-likeness (QED) is 0.831. The Balaban J connectivity index is 2.62. The first-order valence-electron chi connectivity index (χ1n) is 6.02. The molecule has 98 valence electrons. The molecule has 4 heteroatoms. The van der Waals surface area contributed by atoms with Gasteiger partial charge in [-0.2, -0.15) is 5.26 Å². The van der Waals surface area contributed by atoms with E-state index >= 15 is 0 Å². The van der Waals surface area contributed by atoms with Gasteiger partial charge in [0, 0.05) is 5.75 Å². The summed E-state index contributed by atoms with van der Waals surface area (Å²) in [5.41, 5.74) is 7.15. The van der Waals surface area contributed by atoms with Crippen LogP contribution < -0.4 is 5.73 Å². The third kappa shape index (κ3) is 3.85. The Morgan fingerprint density at radius 1 is 1.44 bits per heavy atom. The van der Waals surface area contributed by atoms with E-state index in [1.165, 1.54) is 0 Å². The van der Waals surface area contributed by atoms with Crippen molar-refractivity contribution < 1.29 is 4.21 Å². The van der Waals surface area contributed by atoms with Gasteiger partial charge in [0.2, 0.25) is 0 Å². The van der Waals surface area contributed by atoms with E-state index in [0.717, 1.165) is 18.4 Å². The summed E-state index contributed by atoms with van der Waals surface area (Å²) in [6, 6.07) is 7.85. The summed E-state index contributed by atoms with van der Waals surface area (Å²) in [5, 5.41) is 8.91. The molecule has 1 atom stereocenters. The van der Waals surface area contributed by atoms with Crippen LogP contribution in [0.4, 0.5) is 5.69 Å². The Hall–Kier alpha value is -1.34. The molecule has 1 aromatic rings. The lowest BCUT2D eigenvalue weighted by Gasteiger charge is -2.14. The number of rotatable bonds is 5. The zero-order valence-electron chi connectivity index (χ0n) is 11.2. The highest BCUT2D eigenvalue weighted by Gasteiger charge is 2.17. The number of nitrogen functional groups attached to an aromatic ring is 1. The number of nitrogens with zero attached hydrogens (tertiary/aromatic N) is 1. The average molecular weight is 264 g/mol. The third-order valence-corrected chi connectivity index (χ3v) is 4.47. The summed E-state index contributed by atoms with van der Waals surface area (Å²) >= 11 is 0. The normalized spacial score (nSPS) is 13.0. The van der Waals surface area contributed by atoms with E-state index in [1.807, 2.05) is 39.0 Å². The van der Waals surface area contributed by atoms with Gasteiger partial charge in [-0.05, 0) is 45.2 Å². The molecule has 0 spiro atoms. The maximum absolute atomic E-state index is 12.1. The van der Waals surface area contributed by atoms with Crippen LogP contribution >= 0.6 is 0 Å². The number of nitriles is 1. The van der Waals surface area contributed by atoms with E-state index in [4.69, 9.17) is 11.0 Å². The number of para-hydroxylation sites is 1. The predicted molar refractivity (Wildman–Crippen MR) is 75.5 cm³/mol. The molecule has 1 unspecified atom stereocenters. The number of hydrogen-bond donors (Lipinski definition) is 1. The monoisotopic (exact) mass is 264 g/mol. The van der Waals surface area contributed by atoms with Gasteiger partial charge < -0.3 is 5.73 Å². The SMILES string of the molecule is Cc1cccc(S(=O)CCCC(C)(C)C#N)c1N. The van der Waals surface area contributed by atoms with E-state index in [2.05, 4.69) is 6.07 Å². The summed E-state index contributed by atoms with van der Waals surface area (Å²) in [4.78, 5) is 0.713. The number of aryl methyl sites for hydroxylation is 1. The molecule has 0 bridgehead atoms. The molecule has 0 aliphatic carbocycles. The molecule has 0 heterocycles. The van der Waals surface area contributed by atoms with Crippen molar-refractivity contribution in [1.29, 1.82) is 5.26 Å². The number of benzene rings is 1. The number of hydrogen-bond acceptors (Lipinski definition) is 3. The molecular weight excluding hydrogens is 244 g/mol. The molecule has 2 N–H and O–H groups in total. The van der Waals surface area contributed by atoms with Gasteiger partial charge >= 0.3 is 0 Å². The second-order valence-corrected chi connectivity index (χ2v) is 6.67. The van der Waals surface area contributed by atoms with Gasteiger partial charge in [0.15, 0.2) is 0 Å². The molecule has 0 fully saturated rings. The largest absolute Gasteiger partial charge is 0.398 e. The van der Waals surface area contributed by atoms with Crippen LogP contribution in [0, 0.1) is 23.7 Å². The molecule has 0 amide bonds. The van der Waals surface area contributed by atoms with Crippen LogP contribution in [0.3, 0.4) is 0 Å². The molecule has 0 aromatic heterocycles. The summed E-state index contributed by atoms with van der Waals surface area (Å²) in [6.45, 7) is 5.71. The molecule has 0 radical (unpaired) electrons. The zero-order chi connectivity index (χ0) is 13.8. The maximum atomic E-state index is 12.1. The van der Waals surface area contributed by atoms with E-state index < -0.39 is 10.8 Å². The minimum absolute atomic E-state index is 0.345. The highest BCUT2D eigenvalue weighted by molar-refractivity contribution is 7.85. The lowest BCUT2D eigenvalue weighted by atomic mass is 9.90. The van der Waals surface area contributed by atoms with Gasteiger partial charge in [-0.15, -0.1) is 0 Å². The van der Waals surface area contributed by atoms with Crippen molar-refractivity contribution >= 4 is 16.5 Å². The Morgan fingerprint density at radius 3 is 2.72 bits per heavy atom. The van der Waals surface area contributed by atoms with Crippen LogP contribution in [-0.4, -0.2) is 9.96 Å². The predicted octanol–water partition coefficient (Wildman–Crippen LogP) is 3.01. The van der Waals surface area contributed by atoms with Crippen molar-refractivity contribution in [2.24, 2.45) is 5.41 Å². The minimum atomic E-state index is -1.08. The fourth-order valence-corrected chi connectivity index (χ4v) is 2.93. The summed E-state index contributed by atoms with van der Waals surface area (Å²) in [6.07, 6.45) is 1.52. The Labute approximate surface area is 111 Å². The third-order valence-electron chi connectivity index (χ3n) is 2.96. The maximum Gasteiger partial charge on any atom is 0.0683 e. The van der Waals surface area contributed by atoms with Gasteiger partial charge in [0.05, 0.1) is 32.9 Å². The minimum Gasteiger partial charge on any atom is -0.398 e. The Bertz CT molecular complexity index is 489. The van der Waals surface area contributed by atoms with Crippen LogP contribution in [0.2, 0.25) is 0 Å². The van der Waals surface area contributed by atoms with E-state index in [9.17, 15) is 4.21 Å². The summed E-state index contributed by atoms with van der Waals surface area (Å²) in [5.74, 6) is 0.554. The van der Waals surface area contributed by atoms with Crippen molar-refractivity contribution in [2.75, 3.05) is 11.5 Å². The van der Waals surface area contributed by atoms with E-state index in [0.29, 0.717) is 16.3 Å². The molecule has 0 aliphatic rings. The molecule has 0 aliphatic heterocycles. The molecule has 0 saturated carbocycles. The molecular formula is C14H20N2OS.